The van der Waals surface area contributed by atoms with Crippen LogP contribution in [0.1, 0.15) is 38.5 Å². The fourth-order valence-corrected chi connectivity index (χ4v) is 2.00. The molecule has 0 heterocycles. The summed E-state index contributed by atoms with van der Waals surface area (Å²) in [7, 11) is 0. The summed E-state index contributed by atoms with van der Waals surface area (Å²) in [6.45, 7) is 2.75. The molecule has 98 valence electrons. The van der Waals surface area contributed by atoms with E-state index in [0.717, 1.165) is 25.7 Å². The fraction of sp³-hybridized carbons (Fsp3) is 0.750. The molecule has 5 heteroatoms. The largest absolute Gasteiger partial charge is 0.462 e. The van der Waals surface area contributed by atoms with Gasteiger partial charge in [-0.1, -0.05) is 38.7 Å². The molecule has 0 aromatic carbocycles. The molecule has 0 spiro atoms. The summed E-state index contributed by atoms with van der Waals surface area (Å²) < 4.78 is 40.8. The van der Waals surface area contributed by atoms with E-state index in [1.807, 2.05) is 0 Å². The number of carbonyl (C=O) groups is 1. The van der Waals surface area contributed by atoms with Gasteiger partial charge in [-0.15, -0.1) is 0 Å². The van der Waals surface area contributed by atoms with Gasteiger partial charge in [0.1, 0.15) is 5.57 Å². The Bertz CT molecular complexity index is 278. The van der Waals surface area contributed by atoms with Gasteiger partial charge in [0, 0.05) is 0 Å². The Balaban J connectivity index is 2.22. The minimum absolute atomic E-state index is 0.0542. The van der Waals surface area contributed by atoms with E-state index >= 15 is 0 Å². The SMILES string of the molecule is C=C(C(=O)OCCC1CCCCC1)C(F)(F)F. The third-order valence-corrected chi connectivity index (χ3v) is 3.07. The molecule has 0 aromatic rings. The van der Waals surface area contributed by atoms with Crippen LogP contribution in [0.15, 0.2) is 12.2 Å². The standard InChI is InChI=1S/C12H17F3O2/c1-9(12(13,14)15)11(16)17-8-7-10-5-3-2-4-6-10/h10H,1-8H2. The summed E-state index contributed by atoms with van der Waals surface area (Å²) in [5, 5.41) is 0. The number of hydrogen-bond donors (Lipinski definition) is 0. The Kier molecular flexibility index (Phi) is 5.02. The molecule has 1 rings (SSSR count). The number of halogens is 3. The maximum atomic E-state index is 12.1. The Morgan fingerprint density at radius 1 is 1.24 bits per heavy atom. The highest BCUT2D eigenvalue weighted by Gasteiger charge is 2.37. The number of alkyl halides is 3. The molecule has 0 aromatic heterocycles. The van der Waals surface area contributed by atoms with Gasteiger partial charge in [0.2, 0.25) is 0 Å². The van der Waals surface area contributed by atoms with Gasteiger partial charge in [-0.25, -0.2) is 4.79 Å². The van der Waals surface area contributed by atoms with E-state index in [2.05, 4.69) is 11.3 Å². The van der Waals surface area contributed by atoms with Crippen molar-refractivity contribution in [3.63, 3.8) is 0 Å². The number of hydrogen-bond acceptors (Lipinski definition) is 2. The topological polar surface area (TPSA) is 26.3 Å². The van der Waals surface area contributed by atoms with E-state index in [4.69, 9.17) is 0 Å². The zero-order valence-electron chi connectivity index (χ0n) is 9.68. The van der Waals surface area contributed by atoms with Crippen LogP contribution in [0.2, 0.25) is 0 Å². The first-order valence-corrected chi connectivity index (χ1v) is 5.84. The molecule has 0 radical (unpaired) electrons. The van der Waals surface area contributed by atoms with Crippen LogP contribution in [-0.4, -0.2) is 18.8 Å². The van der Waals surface area contributed by atoms with E-state index < -0.39 is 17.7 Å². The predicted octanol–water partition coefficient (Wildman–Crippen LogP) is 3.62. The lowest BCUT2D eigenvalue weighted by atomic mass is 9.87. The summed E-state index contributed by atoms with van der Waals surface area (Å²) in [6, 6.07) is 0. The highest BCUT2D eigenvalue weighted by molar-refractivity contribution is 5.89. The maximum Gasteiger partial charge on any atom is 0.422 e. The minimum Gasteiger partial charge on any atom is -0.462 e. The molecular weight excluding hydrogens is 233 g/mol. The number of ether oxygens (including phenoxy) is 1. The van der Waals surface area contributed by atoms with E-state index in [9.17, 15) is 18.0 Å². The van der Waals surface area contributed by atoms with Crippen molar-refractivity contribution in [2.75, 3.05) is 6.61 Å². The number of esters is 1. The fourth-order valence-electron chi connectivity index (χ4n) is 2.00. The van der Waals surface area contributed by atoms with Crippen molar-refractivity contribution in [2.24, 2.45) is 5.92 Å². The Morgan fingerprint density at radius 3 is 2.35 bits per heavy atom. The van der Waals surface area contributed by atoms with Gasteiger partial charge in [0.25, 0.3) is 0 Å². The van der Waals surface area contributed by atoms with Gasteiger partial charge in [-0.05, 0) is 12.3 Å². The Hall–Kier alpha value is -1.00. The summed E-state index contributed by atoms with van der Waals surface area (Å²) in [5.74, 6) is -0.871. The van der Waals surface area contributed by atoms with E-state index in [0.29, 0.717) is 12.3 Å². The van der Waals surface area contributed by atoms with Crippen LogP contribution in [0.5, 0.6) is 0 Å². The lowest BCUT2D eigenvalue weighted by Gasteiger charge is -2.21. The lowest BCUT2D eigenvalue weighted by molar-refractivity contribution is -0.150. The molecular formula is C12H17F3O2. The third kappa shape index (κ3) is 4.79. The van der Waals surface area contributed by atoms with Gasteiger partial charge < -0.3 is 4.74 Å². The Labute approximate surface area is 98.8 Å². The molecule has 1 aliphatic rings. The third-order valence-electron chi connectivity index (χ3n) is 3.07. The van der Waals surface area contributed by atoms with Crippen LogP contribution in [0.4, 0.5) is 13.2 Å². The first-order chi connectivity index (χ1) is 7.91. The van der Waals surface area contributed by atoms with Crippen molar-refractivity contribution in [1.29, 1.82) is 0 Å². The average Bonchev–Trinajstić information content (AvgIpc) is 2.28. The van der Waals surface area contributed by atoms with E-state index in [1.54, 1.807) is 0 Å². The van der Waals surface area contributed by atoms with Gasteiger partial charge >= 0.3 is 12.1 Å². The molecule has 0 aliphatic heterocycles. The van der Waals surface area contributed by atoms with Crippen molar-refractivity contribution in [3.8, 4) is 0 Å². The van der Waals surface area contributed by atoms with Gasteiger partial charge in [0.15, 0.2) is 0 Å². The second-order valence-corrected chi connectivity index (χ2v) is 4.40. The monoisotopic (exact) mass is 250 g/mol. The van der Waals surface area contributed by atoms with Crippen molar-refractivity contribution in [3.05, 3.63) is 12.2 Å². The molecule has 1 fully saturated rings. The zero-order chi connectivity index (χ0) is 12.9. The van der Waals surface area contributed by atoms with E-state index in [-0.39, 0.29) is 6.61 Å². The van der Waals surface area contributed by atoms with Crippen molar-refractivity contribution in [2.45, 2.75) is 44.7 Å². The summed E-state index contributed by atoms with van der Waals surface area (Å²) in [5.41, 5.74) is -1.43. The minimum atomic E-state index is -4.69. The second-order valence-electron chi connectivity index (χ2n) is 4.40. The van der Waals surface area contributed by atoms with Crippen LogP contribution < -0.4 is 0 Å². The molecule has 0 N–H and O–H groups in total. The first kappa shape index (κ1) is 14.1. The second kappa shape index (κ2) is 6.07. The number of carbonyl (C=O) groups excluding carboxylic acids is 1. The van der Waals surface area contributed by atoms with Gasteiger partial charge in [-0.2, -0.15) is 13.2 Å². The quantitative estimate of drug-likeness (QED) is 0.562. The van der Waals surface area contributed by atoms with Gasteiger partial charge in [0.05, 0.1) is 6.61 Å². The highest BCUT2D eigenvalue weighted by Crippen LogP contribution is 2.27. The van der Waals surface area contributed by atoms with Crippen LogP contribution in [0, 0.1) is 5.92 Å². The highest BCUT2D eigenvalue weighted by atomic mass is 19.4. The van der Waals surface area contributed by atoms with Crippen LogP contribution in [0.3, 0.4) is 0 Å². The van der Waals surface area contributed by atoms with Crippen molar-refractivity contribution >= 4 is 5.97 Å². The van der Waals surface area contributed by atoms with Crippen molar-refractivity contribution in [1.82, 2.24) is 0 Å². The lowest BCUT2D eigenvalue weighted by Crippen LogP contribution is -2.22. The molecule has 0 saturated heterocycles. The Morgan fingerprint density at radius 2 is 1.82 bits per heavy atom. The van der Waals surface area contributed by atoms with Crippen LogP contribution in [0.25, 0.3) is 0 Å². The molecule has 2 nitrogen and oxygen atoms in total. The molecule has 0 atom stereocenters. The molecule has 1 saturated carbocycles. The first-order valence-electron chi connectivity index (χ1n) is 5.84. The van der Waals surface area contributed by atoms with Gasteiger partial charge in [-0.3, -0.25) is 0 Å². The smallest absolute Gasteiger partial charge is 0.422 e. The molecule has 0 unspecified atom stereocenters. The predicted molar refractivity (Wildman–Crippen MR) is 57.3 cm³/mol. The number of rotatable bonds is 4. The van der Waals surface area contributed by atoms with Crippen LogP contribution >= 0.6 is 0 Å². The normalized spacial score (nSPS) is 17.8. The van der Waals surface area contributed by atoms with E-state index in [1.165, 1.54) is 6.42 Å². The maximum absolute atomic E-state index is 12.1. The summed E-state index contributed by atoms with van der Waals surface area (Å²) in [4.78, 5) is 11.0. The molecule has 0 bridgehead atoms. The van der Waals surface area contributed by atoms with Crippen molar-refractivity contribution < 1.29 is 22.7 Å². The summed E-state index contributed by atoms with van der Waals surface area (Å²) in [6.07, 6.45) is 1.66. The zero-order valence-corrected chi connectivity index (χ0v) is 9.68. The molecule has 1 aliphatic carbocycles. The summed E-state index contributed by atoms with van der Waals surface area (Å²) >= 11 is 0. The molecule has 0 amide bonds. The molecule has 17 heavy (non-hydrogen) atoms. The average molecular weight is 250 g/mol. The van der Waals surface area contributed by atoms with Crippen LogP contribution in [-0.2, 0) is 9.53 Å².